The molecule has 0 bridgehead atoms. The molecule has 0 aliphatic heterocycles. The number of hydrogen-bond donors (Lipinski definition) is 1. The highest BCUT2D eigenvalue weighted by Crippen LogP contribution is 2.49. The Morgan fingerprint density at radius 1 is 1.42 bits per heavy atom. The zero-order valence-corrected chi connectivity index (χ0v) is 13.0. The largest absolute Gasteiger partial charge is 0.329 e. The van der Waals surface area contributed by atoms with E-state index in [1.807, 2.05) is 0 Å². The van der Waals surface area contributed by atoms with Gasteiger partial charge in [-0.2, -0.15) is 11.3 Å². The maximum absolute atomic E-state index is 6.19. The molecule has 106 valence electrons. The minimum absolute atomic E-state index is 0.304. The fourth-order valence-electron chi connectivity index (χ4n) is 3.56. The first-order valence-electron chi connectivity index (χ1n) is 7.62. The normalized spacial score (nSPS) is 30.9. The molecular weight excluding hydrogens is 252 g/mol. The van der Waals surface area contributed by atoms with Gasteiger partial charge in [0.2, 0.25) is 0 Å². The summed E-state index contributed by atoms with van der Waals surface area (Å²) < 4.78 is 0. The molecule has 1 aromatic rings. The molecule has 0 aromatic carbocycles. The molecule has 0 radical (unpaired) electrons. The molecule has 3 heteroatoms. The molecule has 0 atom stereocenters. The third-order valence-corrected chi connectivity index (χ3v) is 5.87. The van der Waals surface area contributed by atoms with Crippen molar-refractivity contribution in [2.24, 2.45) is 17.6 Å². The van der Waals surface area contributed by atoms with Crippen LogP contribution in [0.15, 0.2) is 16.8 Å². The molecule has 2 N–H and O–H groups in total. The van der Waals surface area contributed by atoms with Crippen LogP contribution in [-0.4, -0.2) is 23.0 Å². The van der Waals surface area contributed by atoms with E-state index in [0.717, 1.165) is 31.0 Å². The van der Waals surface area contributed by atoms with Gasteiger partial charge < -0.3 is 5.73 Å². The molecule has 2 aliphatic carbocycles. The fraction of sp³-hybridized carbons (Fsp3) is 0.750. The van der Waals surface area contributed by atoms with Gasteiger partial charge in [-0.1, -0.05) is 13.8 Å². The lowest BCUT2D eigenvalue weighted by molar-refractivity contribution is -0.0459. The van der Waals surface area contributed by atoms with E-state index in [0.29, 0.717) is 5.54 Å². The van der Waals surface area contributed by atoms with Crippen LogP contribution in [0.5, 0.6) is 0 Å². The molecule has 0 spiro atoms. The van der Waals surface area contributed by atoms with E-state index in [2.05, 4.69) is 35.6 Å². The Kier molecular flexibility index (Phi) is 3.71. The van der Waals surface area contributed by atoms with Crippen LogP contribution < -0.4 is 5.73 Å². The molecule has 0 amide bonds. The molecule has 1 aromatic heterocycles. The smallest absolute Gasteiger partial charge is 0.0343 e. The summed E-state index contributed by atoms with van der Waals surface area (Å²) in [4.78, 5) is 2.74. The van der Waals surface area contributed by atoms with Gasteiger partial charge in [0.05, 0.1) is 0 Å². The molecule has 2 fully saturated rings. The molecule has 3 rings (SSSR count). The second-order valence-electron chi connectivity index (χ2n) is 6.83. The van der Waals surface area contributed by atoms with Gasteiger partial charge in [-0.05, 0) is 59.9 Å². The van der Waals surface area contributed by atoms with Crippen LogP contribution in [0.3, 0.4) is 0 Å². The zero-order chi connectivity index (χ0) is 13.5. The Labute approximate surface area is 121 Å². The Morgan fingerprint density at radius 3 is 2.63 bits per heavy atom. The van der Waals surface area contributed by atoms with E-state index in [-0.39, 0.29) is 0 Å². The van der Waals surface area contributed by atoms with Crippen molar-refractivity contribution < 1.29 is 0 Å². The van der Waals surface area contributed by atoms with E-state index < -0.39 is 0 Å². The predicted molar refractivity (Wildman–Crippen MR) is 82.2 cm³/mol. The first kappa shape index (κ1) is 13.6. The summed E-state index contributed by atoms with van der Waals surface area (Å²) >= 11 is 1.81. The Bertz CT molecular complexity index is 402. The van der Waals surface area contributed by atoms with Gasteiger partial charge in [0.25, 0.3) is 0 Å². The number of thiophene rings is 1. The van der Waals surface area contributed by atoms with Crippen molar-refractivity contribution in [2.45, 2.75) is 57.7 Å². The highest BCUT2D eigenvalue weighted by Gasteiger charge is 2.51. The maximum atomic E-state index is 6.19. The SMILES string of the molecule is CC(C)C1CC(CN)(N(Cc2ccsc2)C2CC2)C1. The quantitative estimate of drug-likeness (QED) is 0.863. The molecule has 2 aliphatic rings. The standard InChI is InChI=1S/C16H26N2S/c1-12(2)14-7-16(8-14,11-17)18(15-3-4-15)9-13-5-6-19-10-13/h5-6,10,12,14-15H,3-4,7-9,11,17H2,1-2H3. The van der Waals surface area contributed by atoms with Gasteiger partial charge in [-0.3, -0.25) is 4.90 Å². The van der Waals surface area contributed by atoms with E-state index in [1.165, 1.54) is 31.2 Å². The summed E-state index contributed by atoms with van der Waals surface area (Å²) in [6.45, 7) is 6.64. The van der Waals surface area contributed by atoms with Gasteiger partial charge in [0.15, 0.2) is 0 Å². The van der Waals surface area contributed by atoms with Gasteiger partial charge in [0, 0.05) is 24.7 Å². The Hall–Kier alpha value is -0.380. The van der Waals surface area contributed by atoms with Gasteiger partial charge >= 0.3 is 0 Å². The number of nitrogens with two attached hydrogens (primary N) is 1. The van der Waals surface area contributed by atoms with Crippen molar-refractivity contribution in [2.75, 3.05) is 6.54 Å². The zero-order valence-electron chi connectivity index (χ0n) is 12.1. The summed E-state index contributed by atoms with van der Waals surface area (Å²) in [5.41, 5.74) is 7.96. The molecule has 2 saturated carbocycles. The first-order chi connectivity index (χ1) is 9.14. The number of nitrogens with zero attached hydrogens (tertiary/aromatic N) is 1. The van der Waals surface area contributed by atoms with Crippen LogP contribution in [-0.2, 0) is 6.54 Å². The van der Waals surface area contributed by atoms with Crippen LogP contribution in [0.2, 0.25) is 0 Å². The first-order valence-corrected chi connectivity index (χ1v) is 8.57. The van der Waals surface area contributed by atoms with Crippen molar-refractivity contribution in [3.63, 3.8) is 0 Å². The number of rotatable bonds is 6. The third-order valence-electron chi connectivity index (χ3n) is 5.14. The Morgan fingerprint density at radius 2 is 2.16 bits per heavy atom. The monoisotopic (exact) mass is 278 g/mol. The molecule has 2 nitrogen and oxygen atoms in total. The van der Waals surface area contributed by atoms with Crippen molar-refractivity contribution in [1.82, 2.24) is 4.90 Å². The lowest BCUT2D eigenvalue weighted by atomic mass is 9.63. The second-order valence-corrected chi connectivity index (χ2v) is 7.61. The minimum atomic E-state index is 0.304. The average molecular weight is 278 g/mol. The fourth-order valence-corrected chi connectivity index (χ4v) is 4.22. The predicted octanol–water partition coefficient (Wildman–Crippen LogP) is 3.48. The topological polar surface area (TPSA) is 29.3 Å². The molecule has 0 unspecified atom stereocenters. The highest BCUT2D eigenvalue weighted by atomic mass is 32.1. The van der Waals surface area contributed by atoms with Crippen LogP contribution in [0.4, 0.5) is 0 Å². The summed E-state index contributed by atoms with van der Waals surface area (Å²) in [7, 11) is 0. The van der Waals surface area contributed by atoms with E-state index in [9.17, 15) is 0 Å². The van der Waals surface area contributed by atoms with Gasteiger partial charge in [0.1, 0.15) is 0 Å². The number of hydrogen-bond acceptors (Lipinski definition) is 3. The maximum Gasteiger partial charge on any atom is 0.0343 e. The lowest BCUT2D eigenvalue weighted by Gasteiger charge is -2.55. The minimum Gasteiger partial charge on any atom is -0.329 e. The van der Waals surface area contributed by atoms with Crippen LogP contribution in [0, 0.1) is 11.8 Å². The van der Waals surface area contributed by atoms with E-state index >= 15 is 0 Å². The lowest BCUT2D eigenvalue weighted by Crippen LogP contribution is -2.62. The van der Waals surface area contributed by atoms with Gasteiger partial charge in [-0.25, -0.2) is 0 Å². The summed E-state index contributed by atoms with van der Waals surface area (Å²) in [6, 6.07) is 3.07. The molecular formula is C16H26N2S. The van der Waals surface area contributed by atoms with Crippen molar-refractivity contribution in [3.05, 3.63) is 22.4 Å². The Balaban J connectivity index is 1.72. The van der Waals surface area contributed by atoms with Crippen LogP contribution in [0.1, 0.15) is 45.1 Å². The van der Waals surface area contributed by atoms with Crippen LogP contribution in [0.25, 0.3) is 0 Å². The third kappa shape index (κ3) is 2.61. The summed E-state index contributed by atoms with van der Waals surface area (Å²) in [5.74, 6) is 1.69. The van der Waals surface area contributed by atoms with Crippen LogP contribution >= 0.6 is 11.3 Å². The van der Waals surface area contributed by atoms with Gasteiger partial charge in [-0.15, -0.1) is 0 Å². The summed E-state index contributed by atoms with van der Waals surface area (Å²) in [6.07, 6.45) is 5.36. The van der Waals surface area contributed by atoms with Crippen molar-refractivity contribution in [1.29, 1.82) is 0 Å². The van der Waals surface area contributed by atoms with E-state index in [1.54, 1.807) is 11.3 Å². The molecule has 19 heavy (non-hydrogen) atoms. The average Bonchev–Trinajstić information content (AvgIpc) is 3.04. The van der Waals surface area contributed by atoms with E-state index in [4.69, 9.17) is 5.73 Å². The summed E-state index contributed by atoms with van der Waals surface area (Å²) in [5, 5.41) is 4.48. The molecule has 0 saturated heterocycles. The second kappa shape index (κ2) is 5.19. The van der Waals surface area contributed by atoms with Crippen molar-refractivity contribution >= 4 is 11.3 Å². The highest BCUT2D eigenvalue weighted by molar-refractivity contribution is 7.07. The van der Waals surface area contributed by atoms with Crippen molar-refractivity contribution in [3.8, 4) is 0 Å². The molecule has 1 heterocycles.